The molecule has 0 aliphatic carbocycles. The monoisotopic (exact) mass is 314 g/mol. The molecule has 0 saturated carbocycles. The van der Waals surface area contributed by atoms with Crippen LogP contribution >= 0.6 is 0 Å². The van der Waals surface area contributed by atoms with Gasteiger partial charge in [0.05, 0.1) is 11.0 Å². The standard InChI is InChI=1S/C16H18N4O3/c1-16(2,22)9-23-12-5-6-19-15-13(12)11(8-20-15)4-3-10(7-17)14(18)21/h3,5-6,8,22H,4,9H2,1-2H3,(H2,18,21)(H,19,20)/b10-3+. The SMILES string of the molecule is CC(C)(O)COc1ccnc2[nH]cc(C/C=C(\C#N)C(N)=O)c12. The van der Waals surface area contributed by atoms with Gasteiger partial charge in [-0.2, -0.15) is 5.26 Å². The highest BCUT2D eigenvalue weighted by molar-refractivity contribution is 5.96. The third kappa shape index (κ3) is 4.08. The number of primary amides is 1. The smallest absolute Gasteiger partial charge is 0.259 e. The Kier molecular flexibility index (Phi) is 4.67. The van der Waals surface area contributed by atoms with Crippen molar-refractivity contribution < 1.29 is 14.6 Å². The first kappa shape index (κ1) is 16.5. The van der Waals surface area contributed by atoms with Crippen LogP contribution in [0, 0.1) is 11.3 Å². The molecule has 120 valence electrons. The number of carbonyl (C=O) groups is 1. The molecule has 7 nitrogen and oxygen atoms in total. The molecule has 2 heterocycles. The number of ether oxygens (including phenoxy) is 1. The van der Waals surface area contributed by atoms with Crippen molar-refractivity contribution in [2.45, 2.75) is 25.9 Å². The minimum absolute atomic E-state index is 0.0952. The van der Waals surface area contributed by atoms with Crippen LogP contribution in [0.2, 0.25) is 0 Å². The quantitative estimate of drug-likeness (QED) is 0.545. The molecule has 0 aliphatic heterocycles. The first-order valence-corrected chi connectivity index (χ1v) is 7.02. The van der Waals surface area contributed by atoms with Gasteiger partial charge in [-0.3, -0.25) is 4.79 Å². The molecule has 2 aromatic heterocycles. The summed E-state index contributed by atoms with van der Waals surface area (Å²) in [6.07, 6.45) is 5.14. The van der Waals surface area contributed by atoms with E-state index in [2.05, 4.69) is 9.97 Å². The van der Waals surface area contributed by atoms with E-state index in [1.54, 1.807) is 38.4 Å². The zero-order valence-electron chi connectivity index (χ0n) is 13.0. The number of nitrogens with zero attached hydrogens (tertiary/aromatic N) is 2. The van der Waals surface area contributed by atoms with E-state index in [0.717, 1.165) is 10.9 Å². The van der Waals surface area contributed by atoms with Gasteiger partial charge in [-0.05, 0) is 31.9 Å². The summed E-state index contributed by atoms with van der Waals surface area (Å²) in [7, 11) is 0. The van der Waals surface area contributed by atoms with E-state index in [-0.39, 0.29) is 12.2 Å². The highest BCUT2D eigenvalue weighted by atomic mass is 16.5. The number of H-pyrrole nitrogens is 1. The Morgan fingerprint density at radius 3 is 2.96 bits per heavy atom. The minimum Gasteiger partial charge on any atom is -0.490 e. The van der Waals surface area contributed by atoms with Gasteiger partial charge in [-0.15, -0.1) is 0 Å². The van der Waals surface area contributed by atoms with Crippen LogP contribution < -0.4 is 10.5 Å². The van der Waals surface area contributed by atoms with Gasteiger partial charge in [-0.1, -0.05) is 6.08 Å². The first-order chi connectivity index (χ1) is 10.8. The van der Waals surface area contributed by atoms with Crippen molar-refractivity contribution in [3.05, 3.63) is 35.7 Å². The van der Waals surface area contributed by atoms with Crippen molar-refractivity contribution in [3.63, 3.8) is 0 Å². The Morgan fingerprint density at radius 2 is 2.35 bits per heavy atom. The summed E-state index contributed by atoms with van der Waals surface area (Å²) >= 11 is 0. The number of allylic oxidation sites excluding steroid dienone is 1. The Morgan fingerprint density at radius 1 is 1.61 bits per heavy atom. The van der Waals surface area contributed by atoms with Crippen LogP contribution in [-0.4, -0.2) is 33.2 Å². The van der Waals surface area contributed by atoms with Crippen molar-refractivity contribution in [3.8, 4) is 11.8 Å². The molecule has 0 aliphatic rings. The highest BCUT2D eigenvalue weighted by Gasteiger charge is 2.16. The zero-order valence-corrected chi connectivity index (χ0v) is 13.0. The van der Waals surface area contributed by atoms with Crippen molar-refractivity contribution in [2.24, 2.45) is 5.73 Å². The molecule has 0 bridgehead atoms. The van der Waals surface area contributed by atoms with E-state index >= 15 is 0 Å². The number of nitriles is 1. The van der Waals surface area contributed by atoms with Crippen molar-refractivity contribution in [1.82, 2.24) is 9.97 Å². The summed E-state index contributed by atoms with van der Waals surface area (Å²) in [5.74, 6) is -0.191. The Hall–Kier alpha value is -2.85. The summed E-state index contributed by atoms with van der Waals surface area (Å²) in [6, 6.07) is 3.47. The third-order valence-electron chi connectivity index (χ3n) is 3.11. The van der Waals surface area contributed by atoms with Crippen LogP contribution in [0.15, 0.2) is 30.1 Å². The van der Waals surface area contributed by atoms with E-state index in [1.807, 2.05) is 0 Å². The molecule has 2 aromatic rings. The molecule has 23 heavy (non-hydrogen) atoms. The molecular weight excluding hydrogens is 296 g/mol. The summed E-state index contributed by atoms with van der Waals surface area (Å²) in [5.41, 5.74) is 5.50. The predicted octanol–water partition coefficient (Wildman–Crippen LogP) is 1.19. The fourth-order valence-electron chi connectivity index (χ4n) is 2.04. The summed E-state index contributed by atoms with van der Waals surface area (Å²) in [6.45, 7) is 3.42. The normalized spacial score (nSPS) is 12.2. The van der Waals surface area contributed by atoms with Crippen LogP contribution in [0.5, 0.6) is 5.75 Å². The van der Waals surface area contributed by atoms with Crippen LogP contribution in [0.25, 0.3) is 11.0 Å². The molecule has 0 fully saturated rings. The van der Waals surface area contributed by atoms with Gasteiger partial charge in [-0.25, -0.2) is 4.98 Å². The van der Waals surface area contributed by atoms with E-state index in [4.69, 9.17) is 15.7 Å². The Balaban J connectivity index is 2.35. The lowest BCUT2D eigenvalue weighted by Crippen LogP contribution is -2.27. The average Bonchev–Trinajstić information content (AvgIpc) is 2.88. The molecule has 4 N–H and O–H groups in total. The number of pyridine rings is 1. The number of amides is 1. The number of hydrogen-bond donors (Lipinski definition) is 3. The van der Waals surface area contributed by atoms with E-state index in [0.29, 0.717) is 17.8 Å². The molecule has 0 aromatic carbocycles. The summed E-state index contributed by atoms with van der Waals surface area (Å²) < 4.78 is 5.68. The Bertz CT molecular complexity index is 794. The number of nitrogens with one attached hydrogen (secondary N) is 1. The fraction of sp³-hybridized carbons (Fsp3) is 0.312. The lowest BCUT2D eigenvalue weighted by Gasteiger charge is -2.18. The van der Waals surface area contributed by atoms with Crippen molar-refractivity contribution in [1.29, 1.82) is 5.26 Å². The van der Waals surface area contributed by atoms with Crippen molar-refractivity contribution in [2.75, 3.05) is 6.61 Å². The molecular formula is C16H18N4O3. The second-order valence-electron chi connectivity index (χ2n) is 5.75. The molecule has 7 heteroatoms. The number of aromatic amines is 1. The Labute approximate surface area is 133 Å². The van der Waals surface area contributed by atoms with Gasteiger partial charge in [0.2, 0.25) is 0 Å². The third-order valence-corrected chi connectivity index (χ3v) is 3.11. The van der Waals surface area contributed by atoms with Crippen molar-refractivity contribution >= 4 is 16.9 Å². The number of aliphatic hydroxyl groups is 1. The molecule has 0 spiro atoms. The first-order valence-electron chi connectivity index (χ1n) is 7.02. The maximum Gasteiger partial charge on any atom is 0.259 e. The van der Waals surface area contributed by atoms with E-state index in [9.17, 15) is 9.90 Å². The lowest BCUT2D eigenvalue weighted by atomic mass is 10.1. The van der Waals surface area contributed by atoms with E-state index in [1.165, 1.54) is 6.08 Å². The van der Waals surface area contributed by atoms with E-state index < -0.39 is 11.5 Å². The average molecular weight is 314 g/mol. The van der Waals surface area contributed by atoms with Crippen LogP contribution in [0.3, 0.4) is 0 Å². The van der Waals surface area contributed by atoms with Gasteiger partial charge < -0.3 is 20.6 Å². The number of rotatable bonds is 6. The van der Waals surface area contributed by atoms with Crippen LogP contribution in [0.4, 0.5) is 0 Å². The van der Waals surface area contributed by atoms with Gasteiger partial charge in [0.1, 0.15) is 29.6 Å². The largest absolute Gasteiger partial charge is 0.490 e. The fourth-order valence-corrected chi connectivity index (χ4v) is 2.04. The number of hydrogen-bond acceptors (Lipinski definition) is 5. The molecule has 1 amide bonds. The van der Waals surface area contributed by atoms with Gasteiger partial charge in [0.25, 0.3) is 5.91 Å². The topological polar surface area (TPSA) is 125 Å². The number of fused-ring (bicyclic) bond motifs is 1. The maximum absolute atomic E-state index is 11.1. The summed E-state index contributed by atoms with van der Waals surface area (Å²) in [5, 5.41) is 19.4. The number of aromatic nitrogens is 2. The highest BCUT2D eigenvalue weighted by Crippen LogP contribution is 2.28. The summed E-state index contributed by atoms with van der Waals surface area (Å²) in [4.78, 5) is 18.3. The van der Waals surface area contributed by atoms with Crippen LogP contribution in [-0.2, 0) is 11.2 Å². The minimum atomic E-state index is -0.966. The molecule has 0 atom stereocenters. The number of nitrogens with two attached hydrogens (primary N) is 1. The molecule has 0 saturated heterocycles. The molecule has 0 radical (unpaired) electrons. The van der Waals surface area contributed by atoms with Crippen LogP contribution in [0.1, 0.15) is 19.4 Å². The maximum atomic E-state index is 11.1. The zero-order chi connectivity index (χ0) is 17.0. The second kappa shape index (κ2) is 6.50. The predicted molar refractivity (Wildman–Crippen MR) is 84.5 cm³/mol. The molecule has 0 unspecified atom stereocenters. The second-order valence-corrected chi connectivity index (χ2v) is 5.75. The van der Waals surface area contributed by atoms with Gasteiger partial charge in [0.15, 0.2) is 0 Å². The lowest BCUT2D eigenvalue weighted by molar-refractivity contribution is -0.114. The number of carbonyl (C=O) groups excluding carboxylic acids is 1. The molecule has 2 rings (SSSR count). The van der Waals surface area contributed by atoms with Gasteiger partial charge >= 0.3 is 0 Å². The van der Waals surface area contributed by atoms with Gasteiger partial charge in [0, 0.05) is 12.4 Å².